The van der Waals surface area contributed by atoms with E-state index >= 15 is 0 Å². The largest absolute Gasteiger partial charge is 0.356 e. The van der Waals surface area contributed by atoms with Crippen LogP contribution in [0, 0.1) is 11.8 Å². The van der Waals surface area contributed by atoms with Crippen molar-refractivity contribution in [1.82, 2.24) is 14.5 Å². The number of hydrogen-bond donors (Lipinski definition) is 1. The molecule has 0 aliphatic carbocycles. The topological polar surface area (TPSA) is 69.7 Å². The Hall–Kier alpha value is -0.480. The maximum Gasteiger partial charge on any atom is 0.252 e. The number of likely N-dealkylation sites (tertiary alicyclic amines) is 1. The molecular formula is C19H30BrN3O3S2. The van der Waals surface area contributed by atoms with Crippen molar-refractivity contribution >= 4 is 43.2 Å². The van der Waals surface area contributed by atoms with E-state index in [-0.39, 0.29) is 17.7 Å². The first kappa shape index (κ1) is 22.2. The van der Waals surface area contributed by atoms with E-state index in [1.165, 1.54) is 37.3 Å². The van der Waals surface area contributed by atoms with Gasteiger partial charge in [0.25, 0.3) is 10.0 Å². The van der Waals surface area contributed by atoms with Crippen molar-refractivity contribution in [3.63, 3.8) is 0 Å². The number of halogens is 1. The van der Waals surface area contributed by atoms with Crippen LogP contribution in [0.15, 0.2) is 20.1 Å². The number of hydrogen-bond acceptors (Lipinski definition) is 5. The van der Waals surface area contributed by atoms with Gasteiger partial charge in [-0.3, -0.25) is 4.79 Å². The summed E-state index contributed by atoms with van der Waals surface area (Å²) >= 11 is 4.57. The second-order valence-corrected chi connectivity index (χ2v) is 12.4. The number of rotatable bonds is 8. The molecule has 0 saturated carbocycles. The number of nitrogens with zero attached hydrogens (tertiary/aromatic N) is 2. The van der Waals surface area contributed by atoms with Gasteiger partial charge in [-0.1, -0.05) is 6.92 Å². The van der Waals surface area contributed by atoms with Gasteiger partial charge >= 0.3 is 0 Å². The van der Waals surface area contributed by atoms with Crippen LogP contribution in [0.3, 0.4) is 0 Å². The lowest BCUT2D eigenvalue weighted by Gasteiger charge is -2.33. The zero-order valence-corrected chi connectivity index (χ0v) is 19.6. The summed E-state index contributed by atoms with van der Waals surface area (Å²) < 4.78 is 28.2. The fourth-order valence-corrected chi connectivity index (χ4v) is 7.71. The summed E-state index contributed by atoms with van der Waals surface area (Å²) in [5.74, 6) is 0.262. The monoisotopic (exact) mass is 491 g/mol. The predicted octanol–water partition coefficient (Wildman–Crippen LogP) is 3.15. The van der Waals surface area contributed by atoms with Crippen LogP contribution in [-0.4, -0.2) is 62.8 Å². The SMILES string of the molecule is CC(C(=O)NCCCN1CCCC1)C1CCN(S(=O)(=O)c2ccc(Br)s2)CC1. The molecule has 1 unspecified atom stereocenters. The Morgan fingerprint density at radius 2 is 1.93 bits per heavy atom. The standard InChI is InChI=1S/C19H30BrN3O3S2/c1-15(19(24)21-9-4-12-22-10-2-3-11-22)16-7-13-23(14-8-16)28(25,26)18-6-5-17(20)27-18/h5-6,15-16H,2-4,7-14H2,1H3,(H,21,24). The van der Waals surface area contributed by atoms with E-state index in [4.69, 9.17) is 0 Å². The summed E-state index contributed by atoms with van der Waals surface area (Å²) in [5, 5.41) is 3.07. The summed E-state index contributed by atoms with van der Waals surface area (Å²) in [7, 11) is -3.42. The third-order valence-electron chi connectivity index (χ3n) is 5.91. The van der Waals surface area contributed by atoms with E-state index in [1.807, 2.05) is 6.92 Å². The Morgan fingerprint density at radius 3 is 2.54 bits per heavy atom. The smallest absolute Gasteiger partial charge is 0.252 e. The van der Waals surface area contributed by atoms with Crippen LogP contribution < -0.4 is 5.32 Å². The first-order valence-corrected chi connectivity index (χ1v) is 13.2. The maximum absolute atomic E-state index is 12.7. The molecule has 6 nitrogen and oxygen atoms in total. The lowest BCUT2D eigenvalue weighted by Crippen LogP contribution is -2.42. The van der Waals surface area contributed by atoms with Crippen molar-refractivity contribution in [2.45, 2.75) is 43.2 Å². The minimum atomic E-state index is -3.42. The molecule has 2 aliphatic heterocycles. The molecule has 1 N–H and O–H groups in total. The third-order valence-corrected chi connectivity index (χ3v) is 9.90. The lowest BCUT2D eigenvalue weighted by molar-refractivity contribution is -0.126. The average Bonchev–Trinajstić information content (AvgIpc) is 3.36. The van der Waals surface area contributed by atoms with Crippen LogP contribution in [0.5, 0.6) is 0 Å². The van der Waals surface area contributed by atoms with Gasteiger partial charge < -0.3 is 10.2 Å². The summed E-state index contributed by atoms with van der Waals surface area (Å²) in [6, 6.07) is 3.41. The number of carbonyl (C=O) groups is 1. The van der Waals surface area contributed by atoms with Crippen LogP contribution in [0.4, 0.5) is 0 Å². The van der Waals surface area contributed by atoms with Crippen molar-refractivity contribution < 1.29 is 13.2 Å². The predicted molar refractivity (Wildman–Crippen MR) is 116 cm³/mol. The van der Waals surface area contributed by atoms with Crippen LogP contribution in [0.1, 0.15) is 39.0 Å². The molecule has 1 aromatic heterocycles. The van der Waals surface area contributed by atoms with Gasteiger partial charge in [0.2, 0.25) is 5.91 Å². The maximum atomic E-state index is 12.7. The molecule has 1 amide bonds. The second kappa shape index (κ2) is 10.0. The van der Waals surface area contributed by atoms with E-state index in [9.17, 15) is 13.2 Å². The molecule has 3 rings (SSSR count). The summed E-state index contributed by atoms with van der Waals surface area (Å²) in [6.45, 7) is 7.09. The molecule has 158 valence electrons. The molecule has 0 aromatic carbocycles. The highest BCUT2D eigenvalue weighted by Gasteiger charge is 2.34. The quantitative estimate of drug-likeness (QED) is 0.567. The Morgan fingerprint density at radius 1 is 1.25 bits per heavy atom. The Bertz CT molecular complexity index is 754. The van der Waals surface area contributed by atoms with E-state index in [0.29, 0.717) is 17.3 Å². The number of sulfonamides is 1. The number of piperidine rings is 1. The lowest BCUT2D eigenvalue weighted by atomic mass is 9.85. The van der Waals surface area contributed by atoms with Crippen LogP contribution in [0.25, 0.3) is 0 Å². The molecule has 0 bridgehead atoms. The van der Waals surface area contributed by atoms with E-state index < -0.39 is 10.0 Å². The van der Waals surface area contributed by atoms with Crippen LogP contribution in [-0.2, 0) is 14.8 Å². The first-order chi connectivity index (χ1) is 13.4. The molecule has 0 radical (unpaired) electrons. The molecule has 1 atom stereocenters. The minimum absolute atomic E-state index is 0.0764. The summed E-state index contributed by atoms with van der Waals surface area (Å²) in [6.07, 6.45) is 5.04. The van der Waals surface area contributed by atoms with Crippen molar-refractivity contribution in [3.05, 3.63) is 15.9 Å². The minimum Gasteiger partial charge on any atom is -0.356 e. The molecular weight excluding hydrogens is 462 g/mol. The number of carbonyl (C=O) groups excluding carboxylic acids is 1. The van der Waals surface area contributed by atoms with Gasteiger partial charge in [-0.2, -0.15) is 4.31 Å². The Balaban J connectivity index is 1.41. The molecule has 3 heterocycles. The molecule has 2 saturated heterocycles. The van der Waals surface area contributed by atoms with Gasteiger partial charge in [-0.25, -0.2) is 8.42 Å². The van der Waals surface area contributed by atoms with Crippen LogP contribution >= 0.6 is 27.3 Å². The highest BCUT2D eigenvalue weighted by Crippen LogP contribution is 2.32. The molecule has 1 aromatic rings. The number of nitrogens with one attached hydrogen (secondary N) is 1. The molecule has 28 heavy (non-hydrogen) atoms. The Kier molecular flexibility index (Phi) is 7.95. The zero-order chi connectivity index (χ0) is 20.1. The second-order valence-electron chi connectivity index (χ2n) is 7.78. The highest BCUT2D eigenvalue weighted by molar-refractivity contribution is 9.11. The number of amides is 1. The average molecular weight is 493 g/mol. The highest BCUT2D eigenvalue weighted by atomic mass is 79.9. The number of thiophene rings is 1. The Labute approximate surface area is 180 Å². The molecule has 0 spiro atoms. The van der Waals surface area contributed by atoms with Crippen molar-refractivity contribution in [2.24, 2.45) is 11.8 Å². The van der Waals surface area contributed by atoms with Crippen LogP contribution in [0.2, 0.25) is 0 Å². The normalized spacial score (nSPS) is 21.1. The fourth-order valence-electron chi connectivity index (χ4n) is 4.08. The zero-order valence-electron chi connectivity index (χ0n) is 16.4. The molecule has 2 aliphatic rings. The van der Waals surface area contributed by atoms with Gasteiger partial charge in [-0.15, -0.1) is 11.3 Å². The molecule has 9 heteroatoms. The van der Waals surface area contributed by atoms with Crippen molar-refractivity contribution in [2.75, 3.05) is 39.3 Å². The van der Waals surface area contributed by atoms with E-state index in [2.05, 4.69) is 26.1 Å². The molecule has 2 fully saturated rings. The third kappa shape index (κ3) is 5.56. The van der Waals surface area contributed by atoms with Gasteiger partial charge in [-0.05, 0) is 85.7 Å². The van der Waals surface area contributed by atoms with E-state index in [1.54, 1.807) is 16.4 Å². The van der Waals surface area contributed by atoms with Gasteiger partial charge in [0.05, 0.1) is 3.79 Å². The van der Waals surface area contributed by atoms with Gasteiger partial charge in [0.15, 0.2) is 0 Å². The summed E-state index contributed by atoms with van der Waals surface area (Å²) in [4.78, 5) is 14.9. The fraction of sp³-hybridized carbons (Fsp3) is 0.737. The van der Waals surface area contributed by atoms with Gasteiger partial charge in [0.1, 0.15) is 4.21 Å². The van der Waals surface area contributed by atoms with Crippen molar-refractivity contribution in [1.29, 1.82) is 0 Å². The van der Waals surface area contributed by atoms with Gasteiger partial charge in [0, 0.05) is 25.6 Å². The summed E-state index contributed by atoms with van der Waals surface area (Å²) in [5.41, 5.74) is 0. The van der Waals surface area contributed by atoms with E-state index in [0.717, 1.165) is 36.1 Å². The first-order valence-electron chi connectivity index (χ1n) is 10.1. The van der Waals surface area contributed by atoms with Crippen molar-refractivity contribution in [3.8, 4) is 0 Å².